The molecular weight excluding hydrogens is 228 g/mol. The number of nitrogens with one attached hydrogen (secondary N) is 1. The SMILES string of the molecule is C=C(Cl)CNc1ccc(Cl)cc1Cl. The van der Waals surface area contributed by atoms with Crippen LogP contribution < -0.4 is 5.32 Å². The van der Waals surface area contributed by atoms with Crippen molar-refractivity contribution in [2.75, 3.05) is 11.9 Å². The van der Waals surface area contributed by atoms with Crippen molar-refractivity contribution in [2.45, 2.75) is 0 Å². The van der Waals surface area contributed by atoms with Crippen molar-refractivity contribution in [1.29, 1.82) is 0 Å². The third-order valence-electron chi connectivity index (χ3n) is 1.40. The molecule has 0 saturated heterocycles. The van der Waals surface area contributed by atoms with Crippen LogP contribution in [0.2, 0.25) is 10.0 Å². The summed E-state index contributed by atoms with van der Waals surface area (Å²) < 4.78 is 0. The molecule has 0 bridgehead atoms. The monoisotopic (exact) mass is 235 g/mol. The van der Waals surface area contributed by atoms with E-state index in [0.717, 1.165) is 5.69 Å². The van der Waals surface area contributed by atoms with Gasteiger partial charge in [-0.3, -0.25) is 0 Å². The molecule has 1 N–H and O–H groups in total. The molecule has 0 fully saturated rings. The van der Waals surface area contributed by atoms with Crippen LogP contribution in [-0.2, 0) is 0 Å². The first-order valence-electron chi connectivity index (χ1n) is 3.62. The van der Waals surface area contributed by atoms with Crippen LogP contribution in [0.25, 0.3) is 0 Å². The quantitative estimate of drug-likeness (QED) is 0.831. The second-order valence-corrected chi connectivity index (χ2v) is 3.87. The average molecular weight is 237 g/mol. The largest absolute Gasteiger partial charge is 0.379 e. The van der Waals surface area contributed by atoms with E-state index in [2.05, 4.69) is 11.9 Å². The van der Waals surface area contributed by atoms with Crippen molar-refractivity contribution in [3.05, 3.63) is 39.9 Å². The first kappa shape index (κ1) is 10.7. The Labute approximate surface area is 92.3 Å². The molecule has 70 valence electrons. The van der Waals surface area contributed by atoms with Crippen molar-refractivity contribution in [1.82, 2.24) is 0 Å². The van der Waals surface area contributed by atoms with Gasteiger partial charge in [-0.05, 0) is 18.2 Å². The predicted octanol–water partition coefficient (Wildman–Crippen LogP) is 4.16. The van der Waals surface area contributed by atoms with Gasteiger partial charge in [0, 0.05) is 10.1 Å². The molecule has 0 atom stereocenters. The van der Waals surface area contributed by atoms with Gasteiger partial charge in [-0.2, -0.15) is 0 Å². The van der Waals surface area contributed by atoms with Crippen molar-refractivity contribution in [3.8, 4) is 0 Å². The van der Waals surface area contributed by atoms with Crippen molar-refractivity contribution >= 4 is 40.5 Å². The number of anilines is 1. The Kier molecular flexibility index (Phi) is 3.91. The van der Waals surface area contributed by atoms with E-state index in [1.54, 1.807) is 18.2 Å². The Hall–Kier alpha value is -0.370. The smallest absolute Gasteiger partial charge is 0.0652 e. The molecule has 0 saturated carbocycles. The normalized spacial score (nSPS) is 9.77. The molecule has 1 aromatic rings. The summed E-state index contributed by atoms with van der Waals surface area (Å²) in [6.45, 7) is 4.04. The first-order valence-corrected chi connectivity index (χ1v) is 4.75. The molecule has 0 radical (unpaired) electrons. The maximum atomic E-state index is 5.89. The van der Waals surface area contributed by atoms with E-state index in [1.165, 1.54) is 0 Å². The van der Waals surface area contributed by atoms with Gasteiger partial charge in [0.15, 0.2) is 0 Å². The van der Waals surface area contributed by atoms with Gasteiger partial charge in [0.25, 0.3) is 0 Å². The predicted molar refractivity (Wildman–Crippen MR) is 59.9 cm³/mol. The number of halogens is 3. The van der Waals surface area contributed by atoms with Gasteiger partial charge < -0.3 is 5.32 Å². The van der Waals surface area contributed by atoms with Crippen molar-refractivity contribution in [3.63, 3.8) is 0 Å². The minimum absolute atomic E-state index is 0.489. The lowest BCUT2D eigenvalue weighted by molar-refractivity contribution is 1.32. The average Bonchev–Trinajstić information content (AvgIpc) is 2.02. The molecule has 0 unspecified atom stereocenters. The summed E-state index contributed by atoms with van der Waals surface area (Å²) in [6.07, 6.45) is 0. The molecule has 0 heterocycles. The van der Waals surface area contributed by atoms with E-state index in [9.17, 15) is 0 Å². The summed E-state index contributed by atoms with van der Waals surface area (Å²) in [5, 5.41) is 4.74. The number of hydrogen-bond donors (Lipinski definition) is 1. The highest BCUT2D eigenvalue weighted by Crippen LogP contribution is 2.25. The summed E-state index contributed by atoms with van der Waals surface area (Å²) in [5.41, 5.74) is 0.799. The molecule has 0 amide bonds. The Morgan fingerprint density at radius 3 is 2.62 bits per heavy atom. The van der Waals surface area contributed by atoms with Gasteiger partial charge >= 0.3 is 0 Å². The molecule has 1 nitrogen and oxygen atoms in total. The fourth-order valence-corrected chi connectivity index (χ4v) is 1.37. The molecule has 1 rings (SSSR count). The fraction of sp³-hybridized carbons (Fsp3) is 0.111. The van der Waals surface area contributed by atoms with E-state index in [1.807, 2.05) is 0 Å². The number of rotatable bonds is 3. The lowest BCUT2D eigenvalue weighted by Gasteiger charge is -2.06. The van der Waals surface area contributed by atoms with Gasteiger partial charge in [-0.15, -0.1) is 0 Å². The highest BCUT2D eigenvalue weighted by molar-refractivity contribution is 6.36. The molecule has 0 aliphatic carbocycles. The highest BCUT2D eigenvalue weighted by atomic mass is 35.5. The third-order valence-corrected chi connectivity index (χ3v) is 2.08. The fourth-order valence-electron chi connectivity index (χ4n) is 0.824. The van der Waals surface area contributed by atoms with E-state index >= 15 is 0 Å². The van der Waals surface area contributed by atoms with Crippen molar-refractivity contribution < 1.29 is 0 Å². The molecule has 0 aliphatic heterocycles. The highest BCUT2D eigenvalue weighted by Gasteiger charge is 1.99. The van der Waals surface area contributed by atoms with Crippen LogP contribution in [-0.4, -0.2) is 6.54 Å². The Bertz CT molecular complexity index is 323. The van der Waals surface area contributed by atoms with Gasteiger partial charge in [0.2, 0.25) is 0 Å². The van der Waals surface area contributed by atoms with Crippen molar-refractivity contribution in [2.24, 2.45) is 0 Å². The zero-order valence-corrected chi connectivity index (χ0v) is 9.05. The standard InChI is InChI=1S/C9H8Cl3N/c1-6(10)5-13-9-3-2-7(11)4-8(9)12/h2-4,13H,1,5H2. The van der Waals surface area contributed by atoms with Gasteiger partial charge in [-0.1, -0.05) is 41.4 Å². The Morgan fingerprint density at radius 1 is 1.38 bits per heavy atom. The summed E-state index contributed by atoms with van der Waals surface area (Å²) in [4.78, 5) is 0. The van der Waals surface area contributed by atoms with Gasteiger partial charge in [0.1, 0.15) is 0 Å². The molecule has 4 heteroatoms. The third kappa shape index (κ3) is 3.47. The summed E-state index contributed by atoms with van der Waals surface area (Å²) in [5.74, 6) is 0. The lowest BCUT2D eigenvalue weighted by atomic mass is 10.3. The van der Waals surface area contributed by atoms with E-state index < -0.39 is 0 Å². The molecule has 13 heavy (non-hydrogen) atoms. The Morgan fingerprint density at radius 2 is 2.08 bits per heavy atom. The number of benzene rings is 1. The summed E-state index contributed by atoms with van der Waals surface area (Å²) in [6, 6.07) is 5.22. The summed E-state index contributed by atoms with van der Waals surface area (Å²) in [7, 11) is 0. The maximum Gasteiger partial charge on any atom is 0.0652 e. The van der Waals surface area contributed by atoms with Crippen LogP contribution in [0, 0.1) is 0 Å². The number of hydrogen-bond acceptors (Lipinski definition) is 1. The second kappa shape index (κ2) is 4.75. The minimum Gasteiger partial charge on any atom is -0.379 e. The Balaban J connectivity index is 2.72. The molecule has 0 spiro atoms. The molecule has 1 aromatic carbocycles. The second-order valence-electron chi connectivity index (χ2n) is 2.49. The molecular formula is C9H8Cl3N. The van der Waals surface area contributed by atoms with Crippen LogP contribution in [0.15, 0.2) is 29.8 Å². The van der Waals surface area contributed by atoms with Gasteiger partial charge in [-0.25, -0.2) is 0 Å². The van der Waals surface area contributed by atoms with Crippen LogP contribution in [0.5, 0.6) is 0 Å². The lowest BCUT2D eigenvalue weighted by Crippen LogP contribution is -2.00. The van der Waals surface area contributed by atoms with Crippen LogP contribution in [0.3, 0.4) is 0 Å². The molecule has 0 aromatic heterocycles. The van der Waals surface area contributed by atoms with E-state index in [4.69, 9.17) is 34.8 Å². The first-order chi connectivity index (χ1) is 6.09. The van der Waals surface area contributed by atoms with Crippen LogP contribution >= 0.6 is 34.8 Å². The molecule has 0 aliphatic rings. The zero-order chi connectivity index (χ0) is 9.84. The van der Waals surface area contributed by atoms with E-state index in [-0.39, 0.29) is 0 Å². The summed E-state index contributed by atoms with van der Waals surface area (Å²) >= 11 is 17.2. The topological polar surface area (TPSA) is 12.0 Å². The van der Waals surface area contributed by atoms with Crippen LogP contribution in [0.4, 0.5) is 5.69 Å². The van der Waals surface area contributed by atoms with Gasteiger partial charge in [0.05, 0.1) is 17.3 Å². The minimum atomic E-state index is 0.489. The maximum absolute atomic E-state index is 5.89. The van der Waals surface area contributed by atoms with E-state index in [0.29, 0.717) is 21.6 Å². The van der Waals surface area contributed by atoms with Crippen LogP contribution in [0.1, 0.15) is 0 Å². The zero-order valence-electron chi connectivity index (χ0n) is 6.78.